The van der Waals surface area contributed by atoms with Crippen molar-refractivity contribution in [2.24, 2.45) is 0 Å². The number of aromatic nitrogens is 2. The number of hydrogen-bond acceptors (Lipinski definition) is 2. The number of nitrogens with zero attached hydrogens (tertiary/aromatic N) is 2. The quantitative estimate of drug-likeness (QED) is 0.724. The zero-order chi connectivity index (χ0) is 13.3. The smallest absolute Gasteiger partial charge is 0.135 e. The number of halogens is 1. The Bertz CT molecular complexity index is 571. The van der Waals surface area contributed by atoms with Crippen molar-refractivity contribution in [2.45, 2.75) is 33.1 Å². The maximum Gasteiger partial charge on any atom is 0.135 e. The molecule has 0 bridgehead atoms. The van der Waals surface area contributed by atoms with Gasteiger partial charge in [-0.2, -0.15) is 0 Å². The first-order valence-corrected chi connectivity index (χ1v) is 6.78. The largest absolute Gasteiger partial charge is 0.232 e. The summed E-state index contributed by atoms with van der Waals surface area (Å²) >= 11 is 3.47. The molecule has 0 N–H and O–H groups in total. The van der Waals surface area contributed by atoms with Crippen molar-refractivity contribution in [1.82, 2.24) is 9.97 Å². The van der Waals surface area contributed by atoms with E-state index in [1.165, 1.54) is 5.56 Å². The van der Waals surface area contributed by atoms with Gasteiger partial charge >= 0.3 is 0 Å². The van der Waals surface area contributed by atoms with Gasteiger partial charge in [-0.15, -0.1) is 0 Å². The molecule has 0 amide bonds. The van der Waals surface area contributed by atoms with Crippen LogP contribution in [0, 0.1) is 6.92 Å². The first-order chi connectivity index (χ1) is 8.36. The molecule has 0 saturated heterocycles. The van der Waals surface area contributed by atoms with Crippen molar-refractivity contribution in [2.75, 3.05) is 0 Å². The predicted octanol–water partition coefficient (Wildman–Crippen LogP) is 4.51. The van der Waals surface area contributed by atoms with E-state index in [2.05, 4.69) is 77.9 Å². The van der Waals surface area contributed by atoms with E-state index in [0.717, 1.165) is 21.7 Å². The molecule has 94 valence electrons. The molecule has 0 saturated carbocycles. The number of aryl methyl sites for hydroxylation is 1. The summed E-state index contributed by atoms with van der Waals surface area (Å²) in [6.45, 7) is 8.45. The van der Waals surface area contributed by atoms with Crippen LogP contribution in [-0.2, 0) is 5.41 Å². The highest BCUT2D eigenvalue weighted by Crippen LogP contribution is 2.25. The third kappa shape index (κ3) is 2.96. The van der Waals surface area contributed by atoms with Gasteiger partial charge in [-0.3, -0.25) is 0 Å². The number of rotatable bonds is 1. The standard InChI is InChI=1S/C15H17BrN2/c1-10-6-5-7-11(8-10)12-9-13(16)18-14(17-12)15(2,3)4/h5-9H,1-4H3. The van der Waals surface area contributed by atoms with Gasteiger partial charge in [-0.1, -0.05) is 44.5 Å². The molecule has 18 heavy (non-hydrogen) atoms. The van der Waals surface area contributed by atoms with Gasteiger partial charge in [0.25, 0.3) is 0 Å². The Balaban J connectivity index is 2.55. The summed E-state index contributed by atoms with van der Waals surface area (Å²) < 4.78 is 0.832. The van der Waals surface area contributed by atoms with Crippen molar-refractivity contribution in [3.05, 3.63) is 46.3 Å². The molecule has 0 radical (unpaired) electrons. The highest BCUT2D eigenvalue weighted by Gasteiger charge is 2.19. The fraction of sp³-hybridized carbons (Fsp3) is 0.333. The van der Waals surface area contributed by atoms with Crippen LogP contribution in [0.25, 0.3) is 11.3 Å². The topological polar surface area (TPSA) is 25.8 Å². The third-order valence-electron chi connectivity index (χ3n) is 2.68. The fourth-order valence-electron chi connectivity index (χ4n) is 1.71. The minimum atomic E-state index is -0.0532. The minimum absolute atomic E-state index is 0.0532. The van der Waals surface area contributed by atoms with Crippen molar-refractivity contribution in [3.8, 4) is 11.3 Å². The van der Waals surface area contributed by atoms with Crippen molar-refractivity contribution < 1.29 is 0 Å². The lowest BCUT2D eigenvalue weighted by molar-refractivity contribution is 0.544. The van der Waals surface area contributed by atoms with Crippen LogP contribution in [0.15, 0.2) is 34.9 Å². The maximum atomic E-state index is 4.68. The lowest BCUT2D eigenvalue weighted by Crippen LogP contribution is -2.16. The highest BCUT2D eigenvalue weighted by atomic mass is 79.9. The molecule has 0 aliphatic rings. The average molecular weight is 305 g/mol. The zero-order valence-electron chi connectivity index (χ0n) is 11.2. The number of benzene rings is 1. The van der Waals surface area contributed by atoms with Gasteiger partial charge in [0.05, 0.1) is 5.69 Å². The molecule has 0 unspecified atom stereocenters. The Hall–Kier alpha value is -1.22. The molecule has 0 aliphatic heterocycles. The van der Waals surface area contributed by atoms with Crippen molar-refractivity contribution in [3.63, 3.8) is 0 Å². The molecule has 3 heteroatoms. The van der Waals surface area contributed by atoms with E-state index in [9.17, 15) is 0 Å². The molecule has 0 spiro atoms. The van der Waals surface area contributed by atoms with Crippen molar-refractivity contribution in [1.29, 1.82) is 0 Å². The van der Waals surface area contributed by atoms with Crippen LogP contribution in [0.1, 0.15) is 32.2 Å². The Morgan fingerprint density at radius 1 is 1.06 bits per heavy atom. The number of hydrogen-bond donors (Lipinski definition) is 0. The van der Waals surface area contributed by atoms with Crippen LogP contribution < -0.4 is 0 Å². The van der Waals surface area contributed by atoms with Gasteiger partial charge < -0.3 is 0 Å². The van der Waals surface area contributed by atoms with Gasteiger partial charge in [0, 0.05) is 11.0 Å². The van der Waals surface area contributed by atoms with Gasteiger partial charge in [0.1, 0.15) is 10.4 Å². The SMILES string of the molecule is Cc1cccc(-c2cc(Br)nc(C(C)(C)C)n2)c1. The maximum absolute atomic E-state index is 4.68. The van der Waals surface area contributed by atoms with Gasteiger partial charge in [0.15, 0.2) is 0 Å². The average Bonchev–Trinajstić information content (AvgIpc) is 2.27. The second-order valence-corrected chi connectivity index (χ2v) is 6.33. The van der Waals surface area contributed by atoms with Crippen LogP contribution >= 0.6 is 15.9 Å². The molecule has 1 heterocycles. The molecule has 1 aromatic heterocycles. The Morgan fingerprint density at radius 2 is 1.78 bits per heavy atom. The van der Waals surface area contributed by atoms with Crippen molar-refractivity contribution >= 4 is 15.9 Å². The zero-order valence-corrected chi connectivity index (χ0v) is 12.7. The molecule has 2 aromatic rings. The summed E-state index contributed by atoms with van der Waals surface area (Å²) in [6.07, 6.45) is 0. The Kier molecular flexibility index (Phi) is 3.53. The summed E-state index contributed by atoms with van der Waals surface area (Å²) in [6, 6.07) is 10.3. The van der Waals surface area contributed by atoms with E-state index in [1.54, 1.807) is 0 Å². The third-order valence-corrected chi connectivity index (χ3v) is 3.09. The van der Waals surface area contributed by atoms with Crippen LogP contribution in [0.5, 0.6) is 0 Å². The lowest BCUT2D eigenvalue weighted by atomic mass is 9.95. The minimum Gasteiger partial charge on any atom is -0.232 e. The van der Waals surface area contributed by atoms with Crippen LogP contribution in [0.3, 0.4) is 0 Å². The monoisotopic (exact) mass is 304 g/mol. The van der Waals surface area contributed by atoms with E-state index in [4.69, 9.17) is 0 Å². The second kappa shape index (κ2) is 4.81. The molecule has 0 fully saturated rings. The van der Waals surface area contributed by atoms with E-state index in [0.29, 0.717) is 0 Å². The van der Waals surface area contributed by atoms with E-state index in [1.807, 2.05) is 6.07 Å². The van der Waals surface area contributed by atoms with Crippen LogP contribution in [0.2, 0.25) is 0 Å². The molecule has 2 nitrogen and oxygen atoms in total. The lowest BCUT2D eigenvalue weighted by Gasteiger charge is -2.17. The highest BCUT2D eigenvalue weighted by molar-refractivity contribution is 9.10. The fourth-order valence-corrected chi connectivity index (χ4v) is 2.09. The van der Waals surface area contributed by atoms with Gasteiger partial charge in [-0.05, 0) is 35.0 Å². The first-order valence-electron chi connectivity index (χ1n) is 5.98. The molecule has 0 atom stereocenters. The van der Waals surface area contributed by atoms with Gasteiger partial charge in [-0.25, -0.2) is 9.97 Å². The molecule has 2 rings (SSSR count). The summed E-state index contributed by atoms with van der Waals surface area (Å²) in [4.78, 5) is 9.13. The molecular weight excluding hydrogens is 288 g/mol. The Morgan fingerprint density at radius 3 is 2.39 bits per heavy atom. The summed E-state index contributed by atoms with van der Waals surface area (Å²) in [7, 11) is 0. The molecular formula is C15H17BrN2. The van der Waals surface area contributed by atoms with E-state index in [-0.39, 0.29) is 5.41 Å². The first kappa shape index (κ1) is 13.2. The Labute approximate surface area is 117 Å². The molecule has 1 aromatic carbocycles. The second-order valence-electron chi connectivity index (χ2n) is 5.52. The summed E-state index contributed by atoms with van der Waals surface area (Å²) in [5.41, 5.74) is 3.27. The predicted molar refractivity (Wildman–Crippen MR) is 78.6 cm³/mol. The summed E-state index contributed by atoms with van der Waals surface area (Å²) in [5, 5.41) is 0. The summed E-state index contributed by atoms with van der Waals surface area (Å²) in [5.74, 6) is 0.855. The van der Waals surface area contributed by atoms with Crippen LogP contribution in [0.4, 0.5) is 0 Å². The van der Waals surface area contributed by atoms with E-state index < -0.39 is 0 Å². The van der Waals surface area contributed by atoms with Gasteiger partial charge in [0.2, 0.25) is 0 Å². The normalized spacial score (nSPS) is 11.6. The van der Waals surface area contributed by atoms with E-state index >= 15 is 0 Å². The van der Waals surface area contributed by atoms with Crippen LogP contribution in [-0.4, -0.2) is 9.97 Å². The molecule has 0 aliphatic carbocycles.